The lowest BCUT2D eigenvalue weighted by molar-refractivity contribution is 0.111. The number of nitrogens with zero attached hydrogens (tertiary/aromatic N) is 2. The van der Waals surface area contributed by atoms with Gasteiger partial charge in [0.15, 0.2) is 6.29 Å². The van der Waals surface area contributed by atoms with Crippen molar-refractivity contribution in [2.45, 2.75) is 32.1 Å². The minimum atomic E-state index is 0.652. The summed E-state index contributed by atoms with van der Waals surface area (Å²) in [5.41, 5.74) is 3.11. The lowest BCUT2D eigenvalue weighted by atomic mass is 10.1. The average Bonchev–Trinajstić information content (AvgIpc) is 2.38. The van der Waals surface area contributed by atoms with Crippen LogP contribution in [0.1, 0.15) is 41.0 Å². The first-order valence-electron chi connectivity index (χ1n) is 4.83. The van der Waals surface area contributed by atoms with Gasteiger partial charge in [0.2, 0.25) is 0 Å². The van der Waals surface area contributed by atoms with E-state index < -0.39 is 0 Å². The van der Waals surface area contributed by atoms with Crippen LogP contribution >= 0.6 is 0 Å². The normalized spacial score (nSPS) is 16.4. The van der Waals surface area contributed by atoms with Crippen LogP contribution in [-0.4, -0.2) is 16.1 Å². The first kappa shape index (κ1) is 8.48. The molecule has 0 aromatic carbocycles. The van der Waals surface area contributed by atoms with Gasteiger partial charge in [-0.2, -0.15) is 5.10 Å². The van der Waals surface area contributed by atoms with Crippen LogP contribution in [0.15, 0.2) is 0 Å². The van der Waals surface area contributed by atoms with Gasteiger partial charge in [0.05, 0.1) is 0 Å². The number of aldehydes is 1. The minimum absolute atomic E-state index is 0.652. The first-order chi connectivity index (χ1) is 6.33. The number of aryl methyl sites for hydroxylation is 1. The molecule has 3 heteroatoms. The summed E-state index contributed by atoms with van der Waals surface area (Å²) in [6, 6.07) is 0. The van der Waals surface area contributed by atoms with E-state index in [1.54, 1.807) is 0 Å². The van der Waals surface area contributed by atoms with Gasteiger partial charge in [-0.25, -0.2) is 0 Å². The molecule has 0 spiro atoms. The monoisotopic (exact) mass is 178 g/mol. The largest absolute Gasteiger partial charge is 0.296 e. The van der Waals surface area contributed by atoms with Crippen LogP contribution in [0.3, 0.4) is 0 Å². The molecule has 3 nitrogen and oxygen atoms in total. The Kier molecular flexibility index (Phi) is 2.17. The molecule has 0 aliphatic heterocycles. The zero-order valence-electron chi connectivity index (χ0n) is 7.92. The molecule has 0 unspecified atom stereocenters. The van der Waals surface area contributed by atoms with Crippen molar-refractivity contribution in [2.75, 3.05) is 0 Å². The highest BCUT2D eigenvalue weighted by Gasteiger charge is 2.16. The molecule has 0 saturated heterocycles. The van der Waals surface area contributed by atoms with Crippen molar-refractivity contribution in [3.8, 4) is 0 Å². The van der Waals surface area contributed by atoms with E-state index >= 15 is 0 Å². The number of aromatic nitrogens is 2. The second kappa shape index (κ2) is 3.32. The molecule has 1 aliphatic carbocycles. The quantitative estimate of drug-likeness (QED) is 0.482. The molecule has 0 atom stereocenters. The predicted molar refractivity (Wildman–Crippen MR) is 49.9 cm³/mol. The maximum Gasteiger partial charge on any atom is 0.170 e. The fraction of sp³-hybridized carbons (Fsp3) is 0.600. The molecule has 2 rings (SSSR count). The average molecular weight is 178 g/mol. The molecule has 70 valence electrons. The van der Waals surface area contributed by atoms with Crippen molar-refractivity contribution in [3.63, 3.8) is 0 Å². The number of carbonyl (C=O) groups excluding carboxylic acids is 1. The molecule has 1 aromatic heterocycles. The van der Waals surface area contributed by atoms with E-state index in [2.05, 4.69) is 5.10 Å². The van der Waals surface area contributed by atoms with Gasteiger partial charge >= 0.3 is 0 Å². The standard InChI is InChI=1S/C10H14N2O/c1-12-10-6-4-2-3-5-8(10)9(7-13)11-12/h7H,2-6H2,1H3. The number of fused-ring (bicyclic) bond motifs is 1. The van der Waals surface area contributed by atoms with E-state index in [4.69, 9.17) is 0 Å². The fourth-order valence-corrected chi connectivity index (χ4v) is 2.08. The summed E-state index contributed by atoms with van der Waals surface area (Å²) in [7, 11) is 1.93. The molecule has 0 N–H and O–H groups in total. The summed E-state index contributed by atoms with van der Waals surface area (Å²) < 4.78 is 1.87. The van der Waals surface area contributed by atoms with E-state index in [9.17, 15) is 4.79 Å². The molecule has 0 fully saturated rings. The van der Waals surface area contributed by atoms with Crippen molar-refractivity contribution in [1.82, 2.24) is 9.78 Å². The van der Waals surface area contributed by atoms with Gasteiger partial charge in [0.25, 0.3) is 0 Å². The smallest absolute Gasteiger partial charge is 0.170 e. The highest BCUT2D eigenvalue weighted by Crippen LogP contribution is 2.22. The predicted octanol–water partition coefficient (Wildman–Crippen LogP) is 1.50. The van der Waals surface area contributed by atoms with Crippen LogP contribution in [0.25, 0.3) is 0 Å². The summed E-state index contributed by atoms with van der Waals surface area (Å²) in [5.74, 6) is 0. The summed E-state index contributed by atoms with van der Waals surface area (Å²) >= 11 is 0. The van der Waals surface area contributed by atoms with Crippen molar-refractivity contribution >= 4 is 6.29 Å². The first-order valence-corrected chi connectivity index (χ1v) is 4.83. The highest BCUT2D eigenvalue weighted by molar-refractivity contribution is 5.74. The van der Waals surface area contributed by atoms with Crippen LogP contribution in [0.5, 0.6) is 0 Å². The van der Waals surface area contributed by atoms with Gasteiger partial charge in [-0.15, -0.1) is 0 Å². The number of carbonyl (C=O) groups is 1. The van der Waals surface area contributed by atoms with Crippen molar-refractivity contribution < 1.29 is 4.79 Å². The molecule has 0 saturated carbocycles. The third kappa shape index (κ3) is 1.39. The number of hydrogen-bond donors (Lipinski definition) is 0. The molecule has 13 heavy (non-hydrogen) atoms. The van der Waals surface area contributed by atoms with Gasteiger partial charge in [0.1, 0.15) is 5.69 Å². The van der Waals surface area contributed by atoms with Crippen LogP contribution in [-0.2, 0) is 19.9 Å². The Bertz CT molecular complexity index is 328. The lowest BCUT2D eigenvalue weighted by Gasteiger charge is -1.99. The summed E-state index contributed by atoms with van der Waals surface area (Å²) in [5, 5.41) is 4.20. The van der Waals surface area contributed by atoms with Gasteiger partial charge in [-0.3, -0.25) is 9.48 Å². The molecular formula is C10H14N2O. The lowest BCUT2D eigenvalue weighted by Crippen LogP contribution is -1.98. The SMILES string of the molecule is Cn1nc(C=O)c2c1CCCCC2. The van der Waals surface area contributed by atoms with Gasteiger partial charge in [0, 0.05) is 18.3 Å². The van der Waals surface area contributed by atoms with E-state index in [0.717, 1.165) is 19.1 Å². The molecule has 0 bridgehead atoms. The van der Waals surface area contributed by atoms with Gasteiger partial charge < -0.3 is 0 Å². The number of hydrogen-bond acceptors (Lipinski definition) is 2. The Hall–Kier alpha value is -1.12. The van der Waals surface area contributed by atoms with Crippen LogP contribution in [0.2, 0.25) is 0 Å². The molecular weight excluding hydrogens is 164 g/mol. The molecule has 1 aliphatic rings. The fourth-order valence-electron chi connectivity index (χ4n) is 2.08. The third-order valence-electron chi connectivity index (χ3n) is 2.76. The van der Waals surface area contributed by atoms with Gasteiger partial charge in [-0.05, 0) is 25.7 Å². The maximum absolute atomic E-state index is 10.7. The maximum atomic E-state index is 10.7. The Morgan fingerprint density at radius 2 is 2.08 bits per heavy atom. The van der Waals surface area contributed by atoms with Crippen LogP contribution in [0.4, 0.5) is 0 Å². The summed E-state index contributed by atoms with van der Waals surface area (Å²) in [6.45, 7) is 0. The Labute approximate surface area is 77.7 Å². The van der Waals surface area contributed by atoms with E-state index in [1.165, 1.54) is 30.5 Å². The van der Waals surface area contributed by atoms with Crippen molar-refractivity contribution in [2.24, 2.45) is 7.05 Å². The summed E-state index contributed by atoms with van der Waals surface area (Å²) in [6.07, 6.45) is 6.67. The van der Waals surface area contributed by atoms with E-state index in [0.29, 0.717) is 5.69 Å². The summed E-state index contributed by atoms with van der Waals surface area (Å²) in [4.78, 5) is 10.7. The molecule has 0 amide bonds. The van der Waals surface area contributed by atoms with E-state index in [1.807, 2.05) is 11.7 Å². The minimum Gasteiger partial charge on any atom is -0.296 e. The Balaban J connectivity index is 2.47. The second-order valence-electron chi connectivity index (χ2n) is 3.61. The highest BCUT2D eigenvalue weighted by atomic mass is 16.1. The molecule has 1 aromatic rings. The van der Waals surface area contributed by atoms with E-state index in [-0.39, 0.29) is 0 Å². The van der Waals surface area contributed by atoms with Crippen molar-refractivity contribution in [3.05, 3.63) is 17.0 Å². The zero-order chi connectivity index (χ0) is 9.26. The van der Waals surface area contributed by atoms with Gasteiger partial charge in [-0.1, -0.05) is 6.42 Å². The van der Waals surface area contributed by atoms with Crippen molar-refractivity contribution in [1.29, 1.82) is 0 Å². The Morgan fingerprint density at radius 3 is 2.85 bits per heavy atom. The number of rotatable bonds is 1. The second-order valence-corrected chi connectivity index (χ2v) is 3.61. The third-order valence-corrected chi connectivity index (χ3v) is 2.76. The topological polar surface area (TPSA) is 34.9 Å². The Morgan fingerprint density at radius 1 is 1.31 bits per heavy atom. The molecule has 0 radical (unpaired) electrons. The van der Waals surface area contributed by atoms with Crippen LogP contribution in [0, 0.1) is 0 Å². The zero-order valence-corrected chi connectivity index (χ0v) is 7.92. The molecule has 1 heterocycles. The van der Waals surface area contributed by atoms with Crippen LogP contribution < -0.4 is 0 Å².